The fourth-order valence-corrected chi connectivity index (χ4v) is 1.83. The lowest BCUT2D eigenvalue weighted by Gasteiger charge is -2.04. The van der Waals surface area contributed by atoms with Crippen molar-refractivity contribution in [1.82, 2.24) is 4.98 Å². The van der Waals surface area contributed by atoms with Crippen molar-refractivity contribution in [2.75, 3.05) is 5.33 Å². The molecule has 1 aromatic heterocycles. The van der Waals surface area contributed by atoms with E-state index in [0.29, 0.717) is 10.9 Å². The van der Waals surface area contributed by atoms with E-state index in [2.05, 4.69) is 20.9 Å². The van der Waals surface area contributed by atoms with E-state index in [0.717, 1.165) is 0 Å². The van der Waals surface area contributed by atoms with Crippen molar-refractivity contribution < 1.29 is 9.90 Å². The smallest absolute Gasteiger partial charge is 0.263 e. The maximum atomic E-state index is 11.6. The molecule has 0 radical (unpaired) electrons. The van der Waals surface area contributed by atoms with Gasteiger partial charge in [-0.15, -0.1) is 0 Å². The van der Waals surface area contributed by atoms with E-state index in [-0.39, 0.29) is 16.6 Å². The fourth-order valence-electron chi connectivity index (χ4n) is 1.55. The van der Waals surface area contributed by atoms with Crippen LogP contribution >= 0.6 is 15.9 Å². The average molecular weight is 282 g/mol. The molecule has 0 amide bonds. The molecule has 16 heavy (non-hydrogen) atoms. The Morgan fingerprint density at radius 2 is 2.06 bits per heavy atom. The highest BCUT2D eigenvalue weighted by atomic mass is 79.9. The summed E-state index contributed by atoms with van der Waals surface area (Å²) < 4.78 is 0. The maximum absolute atomic E-state index is 11.6. The third kappa shape index (κ3) is 1.63. The first-order chi connectivity index (χ1) is 7.65. The number of aromatic hydroxyl groups is 1. The van der Waals surface area contributed by atoms with Crippen LogP contribution in [0.4, 0.5) is 0 Å². The molecule has 0 atom stereocenters. The summed E-state index contributed by atoms with van der Waals surface area (Å²) in [6.07, 6.45) is 0. The largest absolute Gasteiger partial charge is 0.506 e. The van der Waals surface area contributed by atoms with Gasteiger partial charge < -0.3 is 10.1 Å². The lowest BCUT2D eigenvalue weighted by molar-refractivity contribution is 0.102. The summed E-state index contributed by atoms with van der Waals surface area (Å²) in [7, 11) is 0. The molecule has 82 valence electrons. The zero-order chi connectivity index (χ0) is 11.7. The number of Topliss-reactive ketones (excluding diaryl/α,β-unsaturated/α-hetero) is 1. The first-order valence-corrected chi connectivity index (χ1v) is 5.70. The van der Waals surface area contributed by atoms with Gasteiger partial charge in [0, 0.05) is 5.39 Å². The number of aromatic amines is 1. The van der Waals surface area contributed by atoms with E-state index in [1.165, 1.54) is 0 Å². The van der Waals surface area contributed by atoms with Crippen molar-refractivity contribution in [2.24, 2.45) is 0 Å². The van der Waals surface area contributed by atoms with Crippen LogP contribution in [-0.2, 0) is 0 Å². The standard InChI is InChI=1S/C11H8BrNO3/c12-5-8(14)9-10(15)6-3-1-2-4-7(6)13-11(9)16/h1-4H,5H2,(H2,13,15,16). The van der Waals surface area contributed by atoms with Crippen molar-refractivity contribution in [1.29, 1.82) is 0 Å². The molecule has 5 heteroatoms. The van der Waals surface area contributed by atoms with Crippen molar-refractivity contribution in [3.05, 3.63) is 40.2 Å². The molecule has 0 saturated carbocycles. The Kier molecular flexibility index (Phi) is 2.78. The average Bonchev–Trinajstić information content (AvgIpc) is 2.28. The van der Waals surface area contributed by atoms with Crippen LogP contribution in [0, 0.1) is 0 Å². The second-order valence-corrected chi connectivity index (χ2v) is 3.84. The Labute approximate surface area is 99.0 Å². The summed E-state index contributed by atoms with van der Waals surface area (Å²) in [6, 6.07) is 6.77. The molecule has 2 rings (SSSR count). The number of aromatic nitrogens is 1. The minimum Gasteiger partial charge on any atom is -0.506 e. The molecule has 0 bridgehead atoms. The highest BCUT2D eigenvalue weighted by Gasteiger charge is 2.17. The maximum Gasteiger partial charge on any atom is 0.263 e. The molecule has 2 N–H and O–H groups in total. The Balaban J connectivity index is 2.86. The lowest BCUT2D eigenvalue weighted by atomic mass is 10.1. The van der Waals surface area contributed by atoms with Gasteiger partial charge in [0.2, 0.25) is 0 Å². The third-order valence-electron chi connectivity index (χ3n) is 2.29. The predicted octanol–water partition coefficient (Wildman–Crippen LogP) is 1.81. The zero-order valence-electron chi connectivity index (χ0n) is 8.16. The van der Waals surface area contributed by atoms with Gasteiger partial charge in [0.05, 0.1) is 10.8 Å². The number of carbonyl (C=O) groups is 1. The number of ketones is 1. The highest BCUT2D eigenvalue weighted by molar-refractivity contribution is 9.09. The topological polar surface area (TPSA) is 70.2 Å². The van der Waals surface area contributed by atoms with Crippen molar-refractivity contribution in [3.63, 3.8) is 0 Å². The van der Waals surface area contributed by atoms with Crippen LogP contribution in [0.1, 0.15) is 10.4 Å². The van der Waals surface area contributed by atoms with E-state index in [9.17, 15) is 14.7 Å². The molecule has 0 spiro atoms. The predicted molar refractivity (Wildman–Crippen MR) is 64.4 cm³/mol. The van der Waals surface area contributed by atoms with E-state index < -0.39 is 11.3 Å². The number of hydrogen-bond donors (Lipinski definition) is 2. The first-order valence-electron chi connectivity index (χ1n) is 4.58. The number of rotatable bonds is 2. The van der Waals surface area contributed by atoms with Gasteiger partial charge in [-0.2, -0.15) is 0 Å². The summed E-state index contributed by atoms with van der Waals surface area (Å²) in [6.45, 7) is 0. The number of para-hydroxylation sites is 1. The number of halogens is 1. The normalized spacial score (nSPS) is 10.6. The van der Waals surface area contributed by atoms with Gasteiger partial charge in [-0.3, -0.25) is 9.59 Å². The molecule has 1 heterocycles. The van der Waals surface area contributed by atoms with Crippen LogP contribution in [-0.4, -0.2) is 21.2 Å². The quantitative estimate of drug-likeness (QED) is 0.652. The minimum absolute atomic E-state index is 0.00196. The molecule has 2 aromatic rings. The summed E-state index contributed by atoms with van der Waals surface area (Å²) in [5, 5.41) is 10.3. The molecule has 0 aliphatic heterocycles. The lowest BCUT2D eigenvalue weighted by Crippen LogP contribution is -2.18. The molecule has 0 aliphatic carbocycles. The zero-order valence-corrected chi connectivity index (χ0v) is 9.74. The number of alkyl halides is 1. The SMILES string of the molecule is O=C(CBr)c1c(O)c2ccccc2[nH]c1=O. The van der Waals surface area contributed by atoms with Gasteiger partial charge in [-0.1, -0.05) is 28.1 Å². The molecule has 0 saturated heterocycles. The number of pyridine rings is 1. The van der Waals surface area contributed by atoms with Gasteiger partial charge in [-0.05, 0) is 12.1 Å². The van der Waals surface area contributed by atoms with Gasteiger partial charge in [0.1, 0.15) is 11.3 Å². The van der Waals surface area contributed by atoms with E-state index in [1.807, 2.05) is 0 Å². The number of hydrogen-bond acceptors (Lipinski definition) is 3. The Bertz CT molecular complexity index is 618. The van der Waals surface area contributed by atoms with E-state index in [1.54, 1.807) is 24.3 Å². The van der Waals surface area contributed by atoms with Crippen LogP contribution in [0.3, 0.4) is 0 Å². The van der Waals surface area contributed by atoms with Crippen LogP contribution in [0.15, 0.2) is 29.1 Å². The van der Waals surface area contributed by atoms with Crippen LogP contribution in [0.5, 0.6) is 5.75 Å². The first kappa shape index (κ1) is 10.9. The van der Waals surface area contributed by atoms with Crippen molar-refractivity contribution in [3.8, 4) is 5.75 Å². The second-order valence-electron chi connectivity index (χ2n) is 3.28. The molecule has 0 aliphatic rings. The number of nitrogens with one attached hydrogen (secondary N) is 1. The van der Waals surface area contributed by atoms with Crippen LogP contribution in [0.2, 0.25) is 0 Å². The second kappa shape index (κ2) is 4.09. The van der Waals surface area contributed by atoms with Gasteiger partial charge in [0.25, 0.3) is 5.56 Å². The molecular weight excluding hydrogens is 274 g/mol. The van der Waals surface area contributed by atoms with Gasteiger partial charge >= 0.3 is 0 Å². The monoisotopic (exact) mass is 281 g/mol. The molecular formula is C11H8BrNO3. The highest BCUT2D eigenvalue weighted by Crippen LogP contribution is 2.24. The minimum atomic E-state index is -0.569. The summed E-state index contributed by atoms with van der Waals surface area (Å²) in [5.41, 5.74) is -0.257. The van der Waals surface area contributed by atoms with E-state index >= 15 is 0 Å². The molecule has 1 aromatic carbocycles. The van der Waals surface area contributed by atoms with E-state index in [4.69, 9.17) is 0 Å². The number of H-pyrrole nitrogens is 1. The number of benzene rings is 1. The van der Waals surface area contributed by atoms with Gasteiger partial charge in [-0.25, -0.2) is 0 Å². The fraction of sp³-hybridized carbons (Fsp3) is 0.0909. The third-order valence-corrected chi connectivity index (χ3v) is 2.80. The summed E-state index contributed by atoms with van der Waals surface area (Å²) in [4.78, 5) is 25.6. The van der Waals surface area contributed by atoms with Crippen LogP contribution in [0.25, 0.3) is 10.9 Å². The molecule has 4 nitrogen and oxygen atoms in total. The van der Waals surface area contributed by atoms with Crippen molar-refractivity contribution >= 4 is 32.6 Å². The molecule has 0 unspecified atom stereocenters. The number of carbonyl (C=O) groups excluding carboxylic acids is 1. The van der Waals surface area contributed by atoms with Crippen LogP contribution < -0.4 is 5.56 Å². The Morgan fingerprint density at radius 3 is 2.75 bits per heavy atom. The van der Waals surface area contributed by atoms with Crippen molar-refractivity contribution in [2.45, 2.75) is 0 Å². The Hall–Kier alpha value is -1.62. The number of fused-ring (bicyclic) bond motifs is 1. The summed E-state index contributed by atoms with van der Waals surface area (Å²) in [5.74, 6) is -0.701. The molecule has 0 fully saturated rings. The summed E-state index contributed by atoms with van der Waals surface area (Å²) >= 11 is 2.97. The Morgan fingerprint density at radius 1 is 1.38 bits per heavy atom. The van der Waals surface area contributed by atoms with Gasteiger partial charge in [0.15, 0.2) is 5.78 Å².